The van der Waals surface area contributed by atoms with Crippen molar-refractivity contribution in [2.24, 2.45) is 0 Å². The zero-order chi connectivity index (χ0) is 16.2. The van der Waals surface area contributed by atoms with Crippen LogP contribution < -0.4 is 14.2 Å². The van der Waals surface area contributed by atoms with Crippen molar-refractivity contribution in [1.29, 1.82) is 0 Å². The smallest absolute Gasteiger partial charge is 0.347 e. The minimum absolute atomic E-state index is 0.371. The van der Waals surface area contributed by atoms with E-state index in [4.69, 9.17) is 14.2 Å². The Balaban J connectivity index is 2.00. The molecule has 3 rings (SSSR count). The fourth-order valence-electron chi connectivity index (χ4n) is 2.41. The fourth-order valence-corrected chi connectivity index (χ4v) is 2.41. The number of carbonyl (C=O) groups excluding carboxylic acids is 1. The molecule has 0 aliphatic carbocycles. The third kappa shape index (κ3) is 2.97. The number of esters is 1. The molecule has 23 heavy (non-hydrogen) atoms. The Morgan fingerprint density at radius 1 is 0.739 bits per heavy atom. The summed E-state index contributed by atoms with van der Waals surface area (Å²) in [7, 11) is 3.06. The van der Waals surface area contributed by atoms with Crippen LogP contribution in [0.1, 0.15) is 10.4 Å². The highest BCUT2D eigenvalue weighted by Crippen LogP contribution is 2.30. The SMILES string of the molecule is COc1ccccc1OC(=O)c1cc2ccccc2cc1OC. The number of ether oxygens (including phenoxy) is 3. The van der Waals surface area contributed by atoms with Crippen molar-refractivity contribution in [2.75, 3.05) is 14.2 Å². The Labute approximate surface area is 134 Å². The highest BCUT2D eigenvalue weighted by Gasteiger charge is 2.17. The van der Waals surface area contributed by atoms with Crippen LogP contribution in [0.25, 0.3) is 10.8 Å². The summed E-state index contributed by atoms with van der Waals surface area (Å²) < 4.78 is 16.0. The summed E-state index contributed by atoms with van der Waals surface area (Å²) in [5.41, 5.74) is 0.372. The maximum Gasteiger partial charge on any atom is 0.347 e. The second-order valence-corrected chi connectivity index (χ2v) is 4.94. The van der Waals surface area contributed by atoms with Gasteiger partial charge in [-0.05, 0) is 35.0 Å². The normalized spacial score (nSPS) is 10.3. The summed E-state index contributed by atoms with van der Waals surface area (Å²) in [6, 6.07) is 18.4. The number of hydrogen-bond acceptors (Lipinski definition) is 4. The van der Waals surface area contributed by atoms with E-state index in [-0.39, 0.29) is 0 Å². The molecule has 0 fully saturated rings. The second kappa shape index (κ2) is 6.40. The molecule has 4 nitrogen and oxygen atoms in total. The van der Waals surface area contributed by atoms with Crippen LogP contribution in [0.2, 0.25) is 0 Å². The van der Waals surface area contributed by atoms with Crippen molar-refractivity contribution >= 4 is 16.7 Å². The number of methoxy groups -OCH3 is 2. The van der Waals surface area contributed by atoms with Crippen LogP contribution in [0.5, 0.6) is 17.2 Å². The first-order valence-corrected chi connectivity index (χ1v) is 7.15. The Hall–Kier alpha value is -3.01. The maximum absolute atomic E-state index is 12.5. The average Bonchev–Trinajstić information content (AvgIpc) is 2.60. The van der Waals surface area contributed by atoms with Gasteiger partial charge in [0.25, 0.3) is 0 Å². The summed E-state index contributed by atoms with van der Waals surface area (Å²) in [6.07, 6.45) is 0. The predicted molar refractivity (Wildman–Crippen MR) is 88.5 cm³/mol. The van der Waals surface area contributed by atoms with Gasteiger partial charge in [0.2, 0.25) is 0 Å². The lowest BCUT2D eigenvalue weighted by Crippen LogP contribution is -2.11. The number of hydrogen-bond donors (Lipinski definition) is 0. The lowest BCUT2D eigenvalue weighted by atomic mass is 10.1. The van der Waals surface area contributed by atoms with E-state index < -0.39 is 5.97 Å². The van der Waals surface area contributed by atoms with Crippen molar-refractivity contribution < 1.29 is 19.0 Å². The van der Waals surface area contributed by atoms with Gasteiger partial charge >= 0.3 is 5.97 Å². The molecule has 0 aromatic heterocycles. The molecule has 0 atom stereocenters. The lowest BCUT2D eigenvalue weighted by Gasteiger charge is -2.12. The van der Waals surface area contributed by atoms with Gasteiger partial charge in [-0.1, -0.05) is 36.4 Å². The molecule has 0 N–H and O–H groups in total. The van der Waals surface area contributed by atoms with Crippen LogP contribution >= 0.6 is 0 Å². The van der Waals surface area contributed by atoms with Gasteiger partial charge in [-0.25, -0.2) is 4.79 Å². The average molecular weight is 308 g/mol. The summed E-state index contributed by atoms with van der Waals surface area (Å²) in [5.74, 6) is 0.858. The fraction of sp³-hybridized carbons (Fsp3) is 0.105. The first kappa shape index (κ1) is 14.9. The van der Waals surface area contributed by atoms with Crippen LogP contribution in [-0.4, -0.2) is 20.2 Å². The van der Waals surface area contributed by atoms with Crippen molar-refractivity contribution in [1.82, 2.24) is 0 Å². The molecule has 0 saturated carbocycles. The van der Waals surface area contributed by atoms with E-state index in [2.05, 4.69) is 0 Å². The van der Waals surface area contributed by atoms with Gasteiger partial charge in [0.05, 0.1) is 14.2 Å². The van der Waals surface area contributed by atoms with Crippen molar-refractivity contribution in [3.05, 3.63) is 66.2 Å². The quantitative estimate of drug-likeness (QED) is 0.538. The first-order valence-electron chi connectivity index (χ1n) is 7.15. The molecule has 0 unspecified atom stereocenters. The summed E-state index contributed by atoms with van der Waals surface area (Å²) in [5, 5.41) is 1.94. The van der Waals surface area contributed by atoms with E-state index >= 15 is 0 Å². The molecule has 0 radical (unpaired) electrons. The van der Waals surface area contributed by atoms with Gasteiger partial charge in [-0.15, -0.1) is 0 Å². The first-order chi connectivity index (χ1) is 11.2. The molecule has 0 amide bonds. The molecule has 0 aliphatic rings. The predicted octanol–water partition coefficient (Wildman–Crippen LogP) is 4.08. The maximum atomic E-state index is 12.5. The molecule has 3 aromatic rings. The largest absolute Gasteiger partial charge is 0.496 e. The zero-order valence-electron chi connectivity index (χ0n) is 12.9. The molecular weight excluding hydrogens is 292 g/mol. The highest BCUT2D eigenvalue weighted by molar-refractivity contribution is 5.99. The Bertz CT molecular complexity index is 855. The number of benzene rings is 3. The molecular formula is C19H16O4. The monoisotopic (exact) mass is 308 g/mol. The number of rotatable bonds is 4. The Kier molecular flexibility index (Phi) is 4.15. The lowest BCUT2D eigenvalue weighted by molar-refractivity contribution is 0.0726. The number of carbonyl (C=O) groups is 1. The summed E-state index contributed by atoms with van der Waals surface area (Å²) >= 11 is 0. The van der Waals surface area contributed by atoms with Crippen molar-refractivity contribution in [2.45, 2.75) is 0 Å². The third-order valence-corrected chi connectivity index (χ3v) is 3.56. The molecule has 0 heterocycles. The van der Waals surface area contributed by atoms with E-state index in [1.807, 2.05) is 36.4 Å². The van der Waals surface area contributed by atoms with Crippen LogP contribution in [-0.2, 0) is 0 Å². The molecule has 0 aliphatic heterocycles. The Morgan fingerprint density at radius 3 is 1.96 bits per heavy atom. The summed E-state index contributed by atoms with van der Waals surface area (Å²) in [6.45, 7) is 0. The van der Waals surface area contributed by atoms with E-state index in [0.717, 1.165) is 10.8 Å². The standard InChI is InChI=1S/C19H16O4/c1-21-16-9-5-6-10-17(16)23-19(20)15-11-13-7-3-4-8-14(13)12-18(15)22-2/h3-12H,1-2H3. The molecule has 0 spiro atoms. The van der Waals surface area contributed by atoms with Gasteiger partial charge < -0.3 is 14.2 Å². The molecule has 116 valence electrons. The summed E-state index contributed by atoms with van der Waals surface area (Å²) in [4.78, 5) is 12.5. The molecule has 3 aromatic carbocycles. The number of para-hydroxylation sites is 2. The topological polar surface area (TPSA) is 44.8 Å². The van der Waals surface area contributed by atoms with Gasteiger partial charge in [0.15, 0.2) is 11.5 Å². The number of fused-ring (bicyclic) bond motifs is 1. The zero-order valence-corrected chi connectivity index (χ0v) is 12.9. The van der Waals surface area contributed by atoms with Crippen molar-refractivity contribution in [3.8, 4) is 17.2 Å². The van der Waals surface area contributed by atoms with Crippen LogP contribution in [0, 0.1) is 0 Å². The van der Waals surface area contributed by atoms with E-state index in [1.54, 1.807) is 24.3 Å². The van der Waals surface area contributed by atoms with Crippen molar-refractivity contribution in [3.63, 3.8) is 0 Å². The van der Waals surface area contributed by atoms with Crippen LogP contribution in [0.4, 0.5) is 0 Å². The van der Waals surface area contributed by atoms with Gasteiger partial charge in [-0.2, -0.15) is 0 Å². The van der Waals surface area contributed by atoms with E-state index in [0.29, 0.717) is 22.8 Å². The van der Waals surface area contributed by atoms with Crippen LogP contribution in [0.15, 0.2) is 60.7 Å². The van der Waals surface area contributed by atoms with E-state index in [1.165, 1.54) is 14.2 Å². The molecule has 4 heteroatoms. The van der Waals surface area contributed by atoms with E-state index in [9.17, 15) is 4.79 Å². The van der Waals surface area contributed by atoms with Gasteiger partial charge in [0, 0.05) is 0 Å². The molecule has 0 saturated heterocycles. The van der Waals surface area contributed by atoms with Gasteiger partial charge in [0.1, 0.15) is 11.3 Å². The second-order valence-electron chi connectivity index (χ2n) is 4.94. The Morgan fingerprint density at radius 2 is 1.30 bits per heavy atom. The van der Waals surface area contributed by atoms with Crippen LogP contribution in [0.3, 0.4) is 0 Å². The third-order valence-electron chi connectivity index (χ3n) is 3.56. The minimum atomic E-state index is -0.489. The molecule has 0 bridgehead atoms. The van der Waals surface area contributed by atoms with Gasteiger partial charge in [-0.3, -0.25) is 0 Å². The minimum Gasteiger partial charge on any atom is -0.496 e. The highest BCUT2D eigenvalue weighted by atomic mass is 16.6.